The molecular weight excluding hydrogens is 904 g/mol. The van der Waals surface area contributed by atoms with E-state index in [0.29, 0.717) is 33.6 Å². The number of aryl methyl sites for hydroxylation is 5. The molecule has 0 bridgehead atoms. The highest BCUT2D eigenvalue weighted by atomic mass is 19.4. The predicted octanol–water partition coefficient (Wildman–Crippen LogP) is 18.6. The number of hydrogen-bond donors (Lipinski definition) is 0. The van der Waals surface area contributed by atoms with E-state index in [1.54, 1.807) is 13.0 Å². The summed E-state index contributed by atoms with van der Waals surface area (Å²) in [5.41, 5.74) is 18.3. The monoisotopic (exact) mass is 951 g/mol. The minimum atomic E-state index is -4.59. The SMILES string of the molecule is Cc1cccc(-c2ccc3c4ccc(-c5cccc(C)c5)cc4n(-c4cc(-c5cc(C)cc(C(F)(F)F)c5)cc(-n5c6cc(-c7cccc(C)c7)ccc6c6ccc(-c7cccc(C)c7)cc65)c4C#N)c3c2)c1. The molecule has 0 N–H and O–H groups in total. The maximum atomic E-state index is 14.8. The second-order valence-corrected chi connectivity index (χ2v) is 19.7. The molecule has 12 rings (SSSR count). The van der Waals surface area contributed by atoms with Crippen molar-refractivity contribution in [2.75, 3.05) is 0 Å². The first-order valence-corrected chi connectivity index (χ1v) is 24.5. The highest BCUT2D eigenvalue weighted by Gasteiger charge is 2.32. The lowest BCUT2D eigenvalue weighted by molar-refractivity contribution is -0.137. The molecule has 0 amide bonds. The summed E-state index contributed by atoms with van der Waals surface area (Å²) in [5, 5.41) is 15.9. The Balaban J connectivity index is 1.25. The zero-order chi connectivity index (χ0) is 50.3. The van der Waals surface area contributed by atoms with E-state index >= 15 is 0 Å². The Morgan fingerprint density at radius 3 is 0.932 bits per heavy atom. The molecule has 10 aromatic carbocycles. The summed E-state index contributed by atoms with van der Waals surface area (Å²) in [6.45, 7) is 10.0. The lowest BCUT2D eigenvalue weighted by Gasteiger charge is -2.20. The molecule has 0 aliphatic carbocycles. The smallest absolute Gasteiger partial charge is 0.308 e. The van der Waals surface area contributed by atoms with E-state index in [0.717, 1.165) is 110 Å². The van der Waals surface area contributed by atoms with E-state index in [2.05, 4.69) is 213 Å². The van der Waals surface area contributed by atoms with E-state index in [1.165, 1.54) is 12.1 Å². The molecule has 73 heavy (non-hydrogen) atoms. The number of nitriles is 1. The average molecular weight is 952 g/mol. The molecule has 352 valence electrons. The Morgan fingerprint density at radius 2 is 0.630 bits per heavy atom. The number of halogens is 3. The van der Waals surface area contributed by atoms with Gasteiger partial charge in [0.2, 0.25) is 0 Å². The number of alkyl halides is 3. The zero-order valence-electron chi connectivity index (χ0n) is 41.0. The number of aromatic nitrogens is 2. The van der Waals surface area contributed by atoms with E-state index in [1.807, 2.05) is 12.1 Å². The molecule has 2 aromatic heterocycles. The molecule has 12 aromatic rings. The fraction of sp³-hybridized carbons (Fsp3) is 0.0896. The van der Waals surface area contributed by atoms with Crippen LogP contribution in [0.15, 0.2) is 200 Å². The van der Waals surface area contributed by atoms with Crippen LogP contribution in [0.4, 0.5) is 13.2 Å². The Bertz CT molecular complexity index is 3830. The summed E-state index contributed by atoms with van der Waals surface area (Å²) in [6.07, 6.45) is -4.59. The normalized spacial score (nSPS) is 11.8. The minimum absolute atomic E-state index is 0.369. The molecule has 6 heteroatoms. The first-order chi connectivity index (χ1) is 35.3. The van der Waals surface area contributed by atoms with Crippen LogP contribution in [0.1, 0.15) is 38.9 Å². The van der Waals surface area contributed by atoms with Gasteiger partial charge in [0.25, 0.3) is 0 Å². The highest BCUT2D eigenvalue weighted by molar-refractivity contribution is 6.13. The van der Waals surface area contributed by atoms with Crippen molar-refractivity contribution >= 4 is 43.6 Å². The van der Waals surface area contributed by atoms with Crippen LogP contribution in [-0.4, -0.2) is 9.13 Å². The van der Waals surface area contributed by atoms with Crippen LogP contribution in [0.2, 0.25) is 0 Å². The standard InChI is InChI=1S/C67H48F3N3/c1-40-10-6-14-45(26-40)49-18-22-56-57-23-19-50(46-15-7-11-41(2)27-46)34-62(57)72(61(56)33-49)65-37-54(53-30-44(5)31-55(32-53)67(68,69)70)38-66(60(65)39-71)73-63-35-51(47-16-8-12-42(3)28-47)20-24-58(63)59-25-21-52(36-64(59)73)48-17-9-13-43(4)29-48/h6-38H,1-5H3. The molecular formula is C67H48F3N3. The molecule has 0 saturated heterocycles. The number of fused-ring (bicyclic) bond motifs is 6. The van der Waals surface area contributed by atoms with E-state index in [4.69, 9.17) is 0 Å². The second kappa shape index (κ2) is 17.4. The molecule has 0 spiro atoms. The lowest BCUT2D eigenvalue weighted by atomic mass is 9.96. The van der Waals surface area contributed by atoms with Crippen molar-refractivity contribution in [3.8, 4) is 73.1 Å². The molecule has 3 nitrogen and oxygen atoms in total. The summed E-state index contributed by atoms with van der Waals surface area (Å²) >= 11 is 0. The van der Waals surface area contributed by atoms with Gasteiger partial charge in [-0.15, -0.1) is 0 Å². The number of hydrogen-bond acceptors (Lipinski definition) is 1. The van der Waals surface area contributed by atoms with Crippen molar-refractivity contribution in [1.29, 1.82) is 5.26 Å². The largest absolute Gasteiger partial charge is 0.416 e. The fourth-order valence-corrected chi connectivity index (χ4v) is 10.9. The fourth-order valence-electron chi connectivity index (χ4n) is 10.9. The van der Waals surface area contributed by atoms with Gasteiger partial charge in [-0.1, -0.05) is 174 Å². The molecule has 0 unspecified atom stereocenters. The van der Waals surface area contributed by atoms with Gasteiger partial charge < -0.3 is 9.13 Å². The molecule has 0 saturated carbocycles. The van der Waals surface area contributed by atoms with Crippen molar-refractivity contribution in [3.05, 3.63) is 239 Å². The maximum Gasteiger partial charge on any atom is 0.416 e. The highest BCUT2D eigenvalue weighted by Crippen LogP contribution is 2.44. The van der Waals surface area contributed by atoms with Crippen LogP contribution in [0, 0.1) is 45.9 Å². The topological polar surface area (TPSA) is 33.6 Å². The molecule has 0 radical (unpaired) electrons. The minimum Gasteiger partial charge on any atom is -0.308 e. The Hall–Kier alpha value is -8.92. The second-order valence-electron chi connectivity index (χ2n) is 19.7. The maximum absolute atomic E-state index is 14.8. The van der Waals surface area contributed by atoms with Gasteiger partial charge in [0, 0.05) is 21.5 Å². The number of benzene rings is 10. The van der Waals surface area contributed by atoms with Gasteiger partial charge in [-0.2, -0.15) is 18.4 Å². The third kappa shape index (κ3) is 8.04. The van der Waals surface area contributed by atoms with Gasteiger partial charge in [0.05, 0.1) is 39.0 Å². The predicted molar refractivity (Wildman–Crippen MR) is 296 cm³/mol. The van der Waals surface area contributed by atoms with Gasteiger partial charge in [-0.3, -0.25) is 0 Å². The Kier molecular flexibility index (Phi) is 10.8. The van der Waals surface area contributed by atoms with Crippen LogP contribution >= 0.6 is 0 Å². The van der Waals surface area contributed by atoms with Crippen molar-refractivity contribution in [2.45, 2.75) is 40.8 Å². The van der Waals surface area contributed by atoms with E-state index in [9.17, 15) is 18.4 Å². The average Bonchev–Trinajstić information content (AvgIpc) is 3.89. The van der Waals surface area contributed by atoms with Crippen LogP contribution < -0.4 is 0 Å². The third-order valence-corrected chi connectivity index (χ3v) is 14.4. The van der Waals surface area contributed by atoms with Gasteiger partial charge in [-0.25, -0.2) is 0 Å². The molecule has 0 aliphatic rings. The van der Waals surface area contributed by atoms with Gasteiger partial charge in [0.15, 0.2) is 0 Å². The number of rotatable bonds is 7. The van der Waals surface area contributed by atoms with Gasteiger partial charge in [0.1, 0.15) is 11.6 Å². The van der Waals surface area contributed by atoms with E-state index < -0.39 is 11.7 Å². The Labute approximate surface area is 422 Å². The van der Waals surface area contributed by atoms with Gasteiger partial charge in [-0.05, 0) is 144 Å². The van der Waals surface area contributed by atoms with Crippen molar-refractivity contribution in [2.24, 2.45) is 0 Å². The summed E-state index contributed by atoms with van der Waals surface area (Å²) in [5.74, 6) is 0. The summed E-state index contributed by atoms with van der Waals surface area (Å²) in [7, 11) is 0. The van der Waals surface area contributed by atoms with Crippen LogP contribution in [0.5, 0.6) is 0 Å². The van der Waals surface area contributed by atoms with E-state index in [-0.39, 0.29) is 0 Å². The zero-order valence-corrected chi connectivity index (χ0v) is 41.0. The summed E-state index contributed by atoms with van der Waals surface area (Å²) in [6, 6.07) is 70.3. The molecule has 2 heterocycles. The van der Waals surface area contributed by atoms with Crippen LogP contribution in [0.3, 0.4) is 0 Å². The Morgan fingerprint density at radius 1 is 0.329 bits per heavy atom. The molecule has 0 aliphatic heterocycles. The quantitative estimate of drug-likeness (QED) is 0.157. The van der Waals surface area contributed by atoms with Gasteiger partial charge >= 0.3 is 6.18 Å². The van der Waals surface area contributed by atoms with Crippen LogP contribution in [0.25, 0.3) is 111 Å². The third-order valence-electron chi connectivity index (χ3n) is 14.4. The molecule has 0 atom stereocenters. The molecule has 0 fully saturated rings. The first-order valence-electron chi connectivity index (χ1n) is 24.5. The first kappa shape index (κ1) is 45.2. The van der Waals surface area contributed by atoms with Crippen molar-refractivity contribution in [1.82, 2.24) is 9.13 Å². The van der Waals surface area contributed by atoms with Crippen molar-refractivity contribution in [3.63, 3.8) is 0 Å². The van der Waals surface area contributed by atoms with Crippen molar-refractivity contribution < 1.29 is 13.2 Å². The van der Waals surface area contributed by atoms with Crippen LogP contribution in [-0.2, 0) is 6.18 Å². The lowest BCUT2D eigenvalue weighted by Crippen LogP contribution is -2.07. The number of nitrogens with zero attached hydrogens (tertiary/aromatic N) is 3. The summed E-state index contributed by atoms with van der Waals surface area (Å²) in [4.78, 5) is 0. The summed E-state index contributed by atoms with van der Waals surface area (Å²) < 4.78 is 48.9.